The van der Waals surface area contributed by atoms with Crippen LogP contribution in [0, 0.1) is 0 Å². The van der Waals surface area contributed by atoms with Gasteiger partial charge in [0.25, 0.3) is 5.56 Å². The van der Waals surface area contributed by atoms with Gasteiger partial charge in [-0.05, 0) is 22.8 Å². The molecule has 0 radical (unpaired) electrons. The second kappa shape index (κ2) is 8.06. The van der Waals surface area contributed by atoms with E-state index in [1.165, 1.54) is 10.7 Å². The van der Waals surface area contributed by atoms with Gasteiger partial charge < -0.3 is 5.32 Å². The lowest BCUT2D eigenvalue weighted by Crippen LogP contribution is -2.32. The van der Waals surface area contributed by atoms with Gasteiger partial charge in [-0.3, -0.25) is 9.59 Å². The summed E-state index contributed by atoms with van der Waals surface area (Å²) in [5, 5.41) is 6.76. The Balaban J connectivity index is 1.51. The number of rotatable bonds is 6. The van der Waals surface area contributed by atoms with E-state index >= 15 is 0 Å². The third-order valence-electron chi connectivity index (χ3n) is 3.86. The molecule has 0 spiro atoms. The topological polar surface area (TPSA) is 64.0 Å². The summed E-state index contributed by atoms with van der Waals surface area (Å²) in [7, 11) is 0. The highest BCUT2D eigenvalue weighted by Gasteiger charge is 2.04. The highest BCUT2D eigenvalue weighted by Crippen LogP contribution is 2.19. The predicted octanol–water partition coefficient (Wildman–Crippen LogP) is 2.27. The van der Waals surface area contributed by atoms with Gasteiger partial charge in [0, 0.05) is 18.8 Å². The molecule has 25 heavy (non-hydrogen) atoms. The van der Waals surface area contributed by atoms with Crippen LogP contribution < -0.4 is 10.9 Å². The summed E-state index contributed by atoms with van der Waals surface area (Å²) in [6.07, 6.45) is 1.86. The lowest BCUT2D eigenvalue weighted by Gasteiger charge is -2.07. The first-order valence-corrected chi connectivity index (χ1v) is 8.15. The monoisotopic (exact) mass is 333 g/mol. The summed E-state index contributed by atoms with van der Waals surface area (Å²) < 4.78 is 1.33. The van der Waals surface area contributed by atoms with E-state index in [0.717, 1.165) is 16.7 Å². The fourth-order valence-electron chi connectivity index (χ4n) is 2.55. The Hall–Kier alpha value is -3.21. The largest absolute Gasteiger partial charge is 0.354 e. The molecule has 0 unspecified atom stereocenters. The molecule has 0 fully saturated rings. The molecule has 3 aromatic rings. The third kappa shape index (κ3) is 4.64. The van der Waals surface area contributed by atoms with E-state index in [-0.39, 0.29) is 11.5 Å². The molecule has 126 valence electrons. The molecule has 2 aromatic carbocycles. The molecule has 5 heteroatoms. The second-order valence-corrected chi connectivity index (χ2v) is 5.67. The minimum absolute atomic E-state index is 0.0727. The third-order valence-corrected chi connectivity index (χ3v) is 3.86. The summed E-state index contributed by atoms with van der Waals surface area (Å²) in [5.74, 6) is -0.0727. The predicted molar refractivity (Wildman–Crippen MR) is 97.1 cm³/mol. The molecule has 0 bridgehead atoms. The van der Waals surface area contributed by atoms with Gasteiger partial charge in [-0.1, -0.05) is 54.6 Å². The Morgan fingerprint density at radius 3 is 2.36 bits per heavy atom. The average Bonchev–Trinajstić information content (AvgIpc) is 2.65. The van der Waals surface area contributed by atoms with Crippen LogP contribution in [0.3, 0.4) is 0 Å². The first-order chi connectivity index (χ1) is 12.2. The Morgan fingerprint density at radius 1 is 0.920 bits per heavy atom. The fourth-order valence-corrected chi connectivity index (χ4v) is 2.55. The Labute approximate surface area is 145 Å². The van der Waals surface area contributed by atoms with Crippen molar-refractivity contribution in [1.29, 1.82) is 0 Å². The summed E-state index contributed by atoms with van der Waals surface area (Å²) in [4.78, 5) is 23.5. The molecular formula is C20H19N3O2. The molecule has 1 amide bonds. The normalized spacial score (nSPS) is 10.4. The lowest BCUT2D eigenvalue weighted by atomic mass is 10.0. The number of amides is 1. The van der Waals surface area contributed by atoms with Crippen molar-refractivity contribution in [2.75, 3.05) is 6.54 Å². The number of carbonyl (C=O) groups excluding carboxylic acids is 1. The number of hydrogen-bond donors (Lipinski definition) is 1. The SMILES string of the molecule is O=C(Cc1ccc(-c2ccccc2)cc1)NCCn1ncccc1=O. The quantitative estimate of drug-likeness (QED) is 0.753. The average molecular weight is 333 g/mol. The second-order valence-electron chi connectivity index (χ2n) is 5.67. The lowest BCUT2D eigenvalue weighted by molar-refractivity contribution is -0.120. The summed E-state index contributed by atoms with van der Waals surface area (Å²) in [6.45, 7) is 0.732. The zero-order valence-corrected chi connectivity index (χ0v) is 13.8. The van der Waals surface area contributed by atoms with E-state index in [2.05, 4.69) is 22.5 Å². The van der Waals surface area contributed by atoms with Crippen molar-refractivity contribution in [2.24, 2.45) is 0 Å². The van der Waals surface area contributed by atoms with Gasteiger partial charge in [-0.25, -0.2) is 4.68 Å². The molecule has 0 atom stereocenters. The first kappa shape index (κ1) is 16.6. The van der Waals surface area contributed by atoms with Gasteiger partial charge >= 0.3 is 0 Å². The van der Waals surface area contributed by atoms with E-state index in [1.54, 1.807) is 12.3 Å². The number of nitrogens with zero attached hydrogens (tertiary/aromatic N) is 2. The van der Waals surface area contributed by atoms with Crippen LogP contribution in [0.2, 0.25) is 0 Å². The molecular weight excluding hydrogens is 314 g/mol. The molecule has 0 aliphatic carbocycles. The molecule has 0 saturated heterocycles. The maximum absolute atomic E-state index is 12.0. The van der Waals surface area contributed by atoms with Crippen LogP contribution in [-0.4, -0.2) is 22.2 Å². The molecule has 0 aliphatic heterocycles. The van der Waals surface area contributed by atoms with E-state index in [9.17, 15) is 9.59 Å². The van der Waals surface area contributed by atoms with Gasteiger partial charge in [-0.15, -0.1) is 0 Å². The van der Waals surface area contributed by atoms with Crippen molar-refractivity contribution in [3.8, 4) is 11.1 Å². The van der Waals surface area contributed by atoms with Crippen LogP contribution in [0.4, 0.5) is 0 Å². The molecule has 1 heterocycles. The molecule has 3 rings (SSSR count). The summed E-state index contributed by atoms with van der Waals surface area (Å²) >= 11 is 0. The van der Waals surface area contributed by atoms with Gasteiger partial charge in [0.05, 0.1) is 13.0 Å². The molecule has 0 saturated carbocycles. The van der Waals surface area contributed by atoms with Gasteiger partial charge in [0.15, 0.2) is 0 Å². The van der Waals surface area contributed by atoms with Gasteiger partial charge in [0.2, 0.25) is 5.91 Å². The molecule has 1 aromatic heterocycles. The van der Waals surface area contributed by atoms with Crippen molar-refractivity contribution < 1.29 is 4.79 Å². The molecule has 1 N–H and O–H groups in total. The number of nitrogens with one attached hydrogen (secondary N) is 1. The minimum Gasteiger partial charge on any atom is -0.354 e. The maximum Gasteiger partial charge on any atom is 0.266 e. The van der Waals surface area contributed by atoms with Crippen LogP contribution in [0.15, 0.2) is 77.7 Å². The summed E-state index contributed by atoms with van der Waals surface area (Å²) in [6, 6.07) is 21.1. The van der Waals surface area contributed by atoms with Crippen LogP contribution in [0.25, 0.3) is 11.1 Å². The number of benzene rings is 2. The Morgan fingerprint density at radius 2 is 1.64 bits per heavy atom. The van der Waals surface area contributed by atoms with E-state index in [1.807, 2.05) is 42.5 Å². The van der Waals surface area contributed by atoms with Crippen molar-refractivity contribution >= 4 is 5.91 Å². The maximum atomic E-state index is 12.0. The summed E-state index contributed by atoms with van der Waals surface area (Å²) in [5.41, 5.74) is 3.05. The van der Waals surface area contributed by atoms with Crippen LogP contribution in [-0.2, 0) is 17.8 Å². The molecule has 5 nitrogen and oxygen atoms in total. The zero-order valence-electron chi connectivity index (χ0n) is 13.8. The van der Waals surface area contributed by atoms with Crippen LogP contribution in [0.5, 0.6) is 0 Å². The van der Waals surface area contributed by atoms with Crippen LogP contribution in [0.1, 0.15) is 5.56 Å². The highest BCUT2D eigenvalue weighted by molar-refractivity contribution is 5.78. The van der Waals surface area contributed by atoms with Crippen LogP contribution >= 0.6 is 0 Å². The van der Waals surface area contributed by atoms with Crippen molar-refractivity contribution in [3.63, 3.8) is 0 Å². The Bertz CT molecular complexity index is 887. The van der Waals surface area contributed by atoms with Gasteiger partial charge in [-0.2, -0.15) is 5.10 Å². The smallest absolute Gasteiger partial charge is 0.266 e. The first-order valence-electron chi connectivity index (χ1n) is 8.15. The van der Waals surface area contributed by atoms with E-state index in [4.69, 9.17) is 0 Å². The number of aromatic nitrogens is 2. The van der Waals surface area contributed by atoms with Crippen molar-refractivity contribution in [2.45, 2.75) is 13.0 Å². The minimum atomic E-state index is -0.173. The van der Waals surface area contributed by atoms with E-state index in [0.29, 0.717) is 19.5 Å². The standard InChI is InChI=1S/C20H19N3O2/c24-19(21-13-14-23-20(25)7-4-12-22-23)15-16-8-10-18(11-9-16)17-5-2-1-3-6-17/h1-12H,13-15H2,(H,21,24). The fraction of sp³-hybridized carbons (Fsp3) is 0.150. The van der Waals surface area contributed by atoms with Gasteiger partial charge in [0.1, 0.15) is 0 Å². The van der Waals surface area contributed by atoms with Crippen molar-refractivity contribution in [3.05, 3.63) is 88.8 Å². The Kier molecular flexibility index (Phi) is 5.36. The highest BCUT2D eigenvalue weighted by atomic mass is 16.1. The zero-order chi connectivity index (χ0) is 17.5. The number of hydrogen-bond acceptors (Lipinski definition) is 3. The van der Waals surface area contributed by atoms with Crippen molar-refractivity contribution in [1.82, 2.24) is 15.1 Å². The number of carbonyl (C=O) groups is 1. The molecule has 0 aliphatic rings. The van der Waals surface area contributed by atoms with E-state index < -0.39 is 0 Å².